The molecule has 1 aromatic carbocycles. The second kappa shape index (κ2) is 5.49. The van der Waals surface area contributed by atoms with Crippen molar-refractivity contribution in [1.82, 2.24) is 10.2 Å². The summed E-state index contributed by atoms with van der Waals surface area (Å²) in [5, 5.41) is 3.87. The lowest BCUT2D eigenvalue weighted by Crippen LogP contribution is -2.33. The summed E-state index contributed by atoms with van der Waals surface area (Å²) in [5.74, 6) is 0.0991. The minimum Gasteiger partial charge on any atom is -0.383 e. The molecule has 1 fully saturated rings. The van der Waals surface area contributed by atoms with Gasteiger partial charge in [-0.2, -0.15) is 0 Å². The summed E-state index contributed by atoms with van der Waals surface area (Å²) >= 11 is 5.85. The maximum absolute atomic E-state index is 11.7. The van der Waals surface area contributed by atoms with Crippen LogP contribution >= 0.6 is 11.6 Å². The fourth-order valence-electron chi connectivity index (χ4n) is 1.93. The van der Waals surface area contributed by atoms with E-state index in [1.807, 2.05) is 24.3 Å². The van der Waals surface area contributed by atoms with Crippen LogP contribution in [-0.2, 0) is 9.53 Å². The Labute approximate surface area is 106 Å². The lowest BCUT2D eigenvalue weighted by molar-refractivity contribution is -0.128. The summed E-state index contributed by atoms with van der Waals surface area (Å²) in [6.07, 6.45) is -0.0742. The van der Waals surface area contributed by atoms with Crippen molar-refractivity contribution in [2.24, 2.45) is 0 Å². The zero-order chi connectivity index (χ0) is 12.3. The van der Waals surface area contributed by atoms with Crippen LogP contribution in [0.1, 0.15) is 11.7 Å². The molecular formula is C12H15ClN2O2. The lowest BCUT2D eigenvalue weighted by Gasteiger charge is -2.24. The quantitative estimate of drug-likeness (QED) is 0.884. The van der Waals surface area contributed by atoms with E-state index in [0.29, 0.717) is 24.7 Å². The molecule has 1 amide bonds. The van der Waals surface area contributed by atoms with Gasteiger partial charge in [0.05, 0.1) is 13.2 Å². The van der Waals surface area contributed by atoms with Crippen molar-refractivity contribution in [1.29, 1.82) is 0 Å². The average Bonchev–Trinajstić information content (AvgIpc) is 2.69. The minimum atomic E-state index is -0.0742. The third kappa shape index (κ3) is 2.77. The van der Waals surface area contributed by atoms with Gasteiger partial charge in [0.1, 0.15) is 6.17 Å². The third-order valence-electron chi connectivity index (χ3n) is 2.80. The normalized spacial score (nSPS) is 20.0. The van der Waals surface area contributed by atoms with Gasteiger partial charge >= 0.3 is 0 Å². The predicted octanol–water partition coefficient (Wildman–Crippen LogP) is 1.42. The number of benzene rings is 1. The second-order valence-electron chi connectivity index (χ2n) is 3.91. The zero-order valence-corrected chi connectivity index (χ0v) is 10.4. The molecule has 1 aromatic rings. The van der Waals surface area contributed by atoms with E-state index in [1.54, 1.807) is 12.0 Å². The molecule has 0 aromatic heterocycles. The number of nitrogens with one attached hydrogen (secondary N) is 1. The summed E-state index contributed by atoms with van der Waals surface area (Å²) in [6.45, 7) is 1.50. The van der Waals surface area contributed by atoms with Crippen LogP contribution in [0.25, 0.3) is 0 Å². The van der Waals surface area contributed by atoms with E-state index in [-0.39, 0.29) is 12.1 Å². The standard InChI is InChI=1S/C12H15ClN2O2/c1-17-7-6-15-11(16)8-14-12(15)9-2-4-10(13)5-3-9/h2-5,12,14H,6-8H2,1H3. The third-order valence-corrected chi connectivity index (χ3v) is 3.05. The first-order valence-corrected chi connectivity index (χ1v) is 5.87. The Morgan fingerprint density at radius 2 is 2.18 bits per heavy atom. The van der Waals surface area contributed by atoms with Crippen LogP contribution in [-0.4, -0.2) is 37.6 Å². The van der Waals surface area contributed by atoms with Crippen molar-refractivity contribution in [3.8, 4) is 0 Å². The number of hydrogen-bond acceptors (Lipinski definition) is 3. The van der Waals surface area contributed by atoms with E-state index >= 15 is 0 Å². The fraction of sp³-hybridized carbons (Fsp3) is 0.417. The van der Waals surface area contributed by atoms with Gasteiger partial charge in [0, 0.05) is 18.7 Å². The Hall–Kier alpha value is -1.10. The first kappa shape index (κ1) is 12.4. The molecule has 1 atom stereocenters. The summed E-state index contributed by atoms with van der Waals surface area (Å²) in [7, 11) is 1.63. The Bertz CT molecular complexity index is 394. The van der Waals surface area contributed by atoms with Crippen LogP contribution in [0.15, 0.2) is 24.3 Å². The molecule has 1 unspecified atom stereocenters. The SMILES string of the molecule is COCCN1C(=O)CNC1c1ccc(Cl)cc1. The van der Waals surface area contributed by atoms with Crippen molar-refractivity contribution in [2.45, 2.75) is 6.17 Å². The number of rotatable bonds is 4. The highest BCUT2D eigenvalue weighted by molar-refractivity contribution is 6.30. The Balaban J connectivity index is 2.13. The van der Waals surface area contributed by atoms with Gasteiger partial charge in [0.25, 0.3) is 0 Å². The van der Waals surface area contributed by atoms with Crippen molar-refractivity contribution < 1.29 is 9.53 Å². The van der Waals surface area contributed by atoms with Crippen LogP contribution in [0.3, 0.4) is 0 Å². The first-order valence-electron chi connectivity index (χ1n) is 5.49. The zero-order valence-electron chi connectivity index (χ0n) is 9.65. The molecule has 0 bridgehead atoms. The minimum absolute atomic E-state index is 0.0742. The van der Waals surface area contributed by atoms with Crippen molar-refractivity contribution in [3.63, 3.8) is 0 Å². The number of amides is 1. The summed E-state index contributed by atoms with van der Waals surface area (Å²) in [5.41, 5.74) is 1.04. The average molecular weight is 255 g/mol. The van der Waals surface area contributed by atoms with Crippen LogP contribution in [0.2, 0.25) is 5.02 Å². The molecule has 0 spiro atoms. The Morgan fingerprint density at radius 3 is 2.82 bits per heavy atom. The van der Waals surface area contributed by atoms with Gasteiger partial charge in [-0.3, -0.25) is 10.1 Å². The topological polar surface area (TPSA) is 41.6 Å². The van der Waals surface area contributed by atoms with E-state index in [1.165, 1.54) is 0 Å². The fourth-order valence-corrected chi connectivity index (χ4v) is 2.05. The van der Waals surface area contributed by atoms with E-state index in [9.17, 15) is 4.79 Å². The largest absolute Gasteiger partial charge is 0.383 e. The van der Waals surface area contributed by atoms with Gasteiger partial charge < -0.3 is 9.64 Å². The van der Waals surface area contributed by atoms with Crippen molar-refractivity contribution >= 4 is 17.5 Å². The van der Waals surface area contributed by atoms with E-state index in [4.69, 9.17) is 16.3 Å². The maximum Gasteiger partial charge on any atom is 0.238 e. The predicted molar refractivity (Wildman–Crippen MR) is 65.8 cm³/mol. The number of nitrogens with zero attached hydrogens (tertiary/aromatic N) is 1. The number of carbonyl (C=O) groups is 1. The molecule has 5 heteroatoms. The number of halogens is 1. The molecule has 1 saturated heterocycles. The molecule has 0 radical (unpaired) electrons. The molecular weight excluding hydrogens is 240 g/mol. The monoisotopic (exact) mass is 254 g/mol. The van der Waals surface area contributed by atoms with Crippen molar-refractivity contribution in [2.75, 3.05) is 26.8 Å². The van der Waals surface area contributed by atoms with Crippen LogP contribution in [0.4, 0.5) is 0 Å². The first-order chi connectivity index (χ1) is 8.22. The Kier molecular flexibility index (Phi) is 3.99. The van der Waals surface area contributed by atoms with E-state index in [0.717, 1.165) is 5.56 Å². The van der Waals surface area contributed by atoms with Gasteiger partial charge in [-0.1, -0.05) is 23.7 Å². The van der Waals surface area contributed by atoms with Gasteiger partial charge in [-0.05, 0) is 17.7 Å². The van der Waals surface area contributed by atoms with E-state index in [2.05, 4.69) is 5.32 Å². The molecule has 1 aliphatic rings. The van der Waals surface area contributed by atoms with Gasteiger partial charge in [-0.15, -0.1) is 0 Å². The maximum atomic E-state index is 11.7. The summed E-state index contributed by atoms with van der Waals surface area (Å²) < 4.78 is 5.01. The molecule has 1 heterocycles. The molecule has 0 aliphatic carbocycles. The smallest absolute Gasteiger partial charge is 0.238 e. The van der Waals surface area contributed by atoms with Gasteiger partial charge in [0.15, 0.2) is 0 Å². The summed E-state index contributed by atoms with van der Waals surface area (Å²) in [6, 6.07) is 7.52. The van der Waals surface area contributed by atoms with Crippen molar-refractivity contribution in [3.05, 3.63) is 34.9 Å². The van der Waals surface area contributed by atoms with Gasteiger partial charge in [-0.25, -0.2) is 0 Å². The molecule has 2 rings (SSSR count). The Morgan fingerprint density at radius 1 is 1.47 bits per heavy atom. The number of methoxy groups -OCH3 is 1. The second-order valence-corrected chi connectivity index (χ2v) is 4.35. The molecule has 1 N–H and O–H groups in total. The van der Waals surface area contributed by atoms with Crippen LogP contribution in [0, 0.1) is 0 Å². The highest BCUT2D eigenvalue weighted by Gasteiger charge is 2.30. The van der Waals surface area contributed by atoms with E-state index < -0.39 is 0 Å². The van der Waals surface area contributed by atoms with Crippen LogP contribution in [0.5, 0.6) is 0 Å². The molecule has 4 nitrogen and oxygen atoms in total. The number of hydrogen-bond donors (Lipinski definition) is 1. The highest BCUT2D eigenvalue weighted by Crippen LogP contribution is 2.23. The number of ether oxygens (including phenoxy) is 1. The van der Waals surface area contributed by atoms with Crippen LogP contribution < -0.4 is 5.32 Å². The highest BCUT2D eigenvalue weighted by atomic mass is 35.5. The molecule has 92 valence electrons. The van der Waals surface area contributed by atoms with Gasteiger partial charge in [0.2, 0.25) is 5.91 Å². The lowest BCUT2D eigenvalue weighted by atomic mass is 10.1. The molecule has 17 heavy (non-hydrogen) atoms. The molecule has 0 saturated carbocycles. The molecule has 1 aliphatic heterocycles. The summed E-state index contributed by atoms with van der Waals surface area (Å²) in [4.78, 5) is 13.5. The number of carbonyl (C=O) groups excluding carboxylic acids is 1.